The molecule has 0 aliphatic rings. The SMILES string of the molecule is COc1cc(C=CCNC(C)=O)cc(OC)c1OC(C)=O. The molecule has 0 atom stereocenters. The summed E-state index contributed by atoms with van der Waals surface area (Å²) in [7, 11) is 2.96. The number of rotatable bonds is 6. The first-order chi connectivity index (χ1) is 9.97. The van der Waals surface area contributed by atoms with E-state index in [0.29, 0.717) is 18.0 Å². The van der Waals surface area contributed by atoms with Crippen LogP contribution in [0.5, 0.6) is 17.2 Å². The summed E-state index contributed by atoms with van der Waals surface area (Å²) in [6.07, 6.45) is 3.60. The van der Waals surface area contributed by atoms with Gasteiger partial charge in [-0.05, 0) is 17.7 Å². The molecule has 1 rings (SSSR count). The Kier molecular flexibility index (Phi) is 6.26. The van der Waals surface area contributed by atoms with Crippen LogP contribution in [0.25, 0.3) is 6.08 Å². The first-order valence-electron chi connectivity index (χ1n) is 6.33. The topological polar surface area (TPSA) is 73.9 Å². The summed E-state index contributed by atoms with van der Waals surface area (Å²) < 4.78 is 15.5. The zero-order chi connectivity index (χ0) is 15.8. The second-order valence-electron chi connectivity index (χ2n) is 4.19. The van der Waals surface area contributed by atoms with Crippen molar-refractivity contribution >= 4 is 18.0 Å². The van der Waals surface area contributed by atoms with Gasteiger partial charge in [0.1, 0.15) is 0 Å². The maximum Gasteiger partial charge on any atom is 0.308 e. The van der Waals surface area contributed by atoms with Crippen LogP contribution in [0.3, 0.4) is 0 Å². The van der Waals surface area contributed by atoms with Gasteiger partial charge < -0.3 is 19.5 Å². The largest absolute Gasteiger partial charge is 0.493 e. The maximum absolute atomic E-state index is 11.1. The normalized spacial score (nSPS) is 10.3. The van der Waals surface area contributed by atoms with Crippen LogP contribution in [0.15, 0.2) is 18.2 Å². The second kappa shape index (κ2) is 7.94. The van der Waals surface area contributed by atoms with Gasteiger partial charge >= 0.3 is 5.97 Å². The van der Waals surface area contributed by atoms with Crippen LogP contribution in [0, 0.1) is 0 Å². The predicted molar refractivity (Wildman–Crippen MR) is 78.6 cm³/mol. The summed E-state index contributed by atoms with van der Waals surface area (Å²) in [5.41, 5.74) is 0.796. The number of esters is 1. The molecular formula is C15H19NO5. The average molecular weight is 293 g/mol. The first-order valence-corrected chi connectivity index (χ1v) is 6.33. The highest BCUT2D eigenvalue weighted by molar-refractivity contribution is 5.74. The quantitative estimate of drug-likeness (QED) is 0.639. The predicted octanol–water partition coefficient (Wildman–Crippen LogP) is 1.78. The van der Waals surface area contributed by atoms with E-state index in [9.17, 15) is 9.59 Å². The van der Waals surface area contributed by atoms with Gasteiger partial charge in [0.05, 0.1) is 14.2 Å². The van der Waals surface area contributed by atoms with E-state index in [-0.39, 0.29) is 11.7 Å². The summed E-state index contributed by atoms with van der Waals surface area (Å²) in [5.74, 6) is 0.472. The number of hydrogen-bond acceptors (Lipinski definition) is 5. The van der Waals surface area contributed by atoms with Crippen molar-refractivity contribution in [3.63, 3.8) is 0 Å². The molecule has 1 aromatic carbocycles. The molecule has 0 unspecified atom stereocenters. The molecule has 0 heterocycles. The van der Waals surface area contributed by atoms with Crippen LogP contribution in [-0.4, -0.2) is 32.6 Å². The van der Waals surface area contributed by atoms with Crippen molar-refractivity contribution in [2.24, 2.45) is 0 Å². The Morgan fingerprint density at radius 3 is 2.14 bits per heavy atom. The van der Waals surface area contributed by atoms with Crippen molar-refractivity contribution in [1.82, 2.24) is 5.32 Å². The Morgan fingerprint density at radius 2 is 1.71 bits per heavy atom. The highest BCUT2D eigenvalue weighted by Gasteiger charge is 2.15. The van der Waals surface area contributed by atoms with E-state index < -0.39 is 5.97 Å². The van der Waals surface area contributed by atoms with E-state index in [1.165, 1.54) is 28.1 Å². The smallest absolute Gasteiger partial charge is 0.308 e. The van der Waals surface area contributed by atoms with Crippen LogP contribution in [0.4, 0.5) is 0 Å². The number of hydrogen-bond donors (Lipinski definition) is 1. The first kappa shape index (κ1) is 16.6. The molecule has 0 aromatic heterocycles. The Labute approximate surface area is 123 Å². The lowest BCUT2D eigenvalue weighted by Gasteiger charge is -2.13. The number of benzene rings is 1. The molecule has 1 amide bonds. The molecule has 0 spiro atoms. The fourth-order valence-corrected chi connectivity index (χ4v) is 1.64. The zero-order valence-electron chi connectivity index (χ0n) is 12.6. The van der Waals surface area contributed by atoms with Crippen LogP contribution in [0.2, 0.25) is 0 Å². The van der Waals surface area contributed by atoms with Gasteiger partial charge in [-0.2, -0.15) is 0 Å². The van der Waals surface area contributed by atoms with Crippen molar-refractivity contribution in [3.8, 4) is 17.2 Å². The molecule has 1 N–H and O–H groups in total. The van der Waals surface area contributed by atoms with E-state index in [0.717, 1.165) is 5.56 Å². The third-order valence-electron chi connectivity index (χ3n) is 2.51. The Balaban J connectivity index is 3.02. The van der Waals surface area contributed by atoms with Gasteiger partial charge in [-0.15, -0.1) is 0 Å². The van der Waals surface area contributed by atoms with Gasteiger partial charge in [-0.25, -0.2) is 0 Å². The van der Waals surface area contributed by atoms with Gasteiger partial charge in [0.15, 0.2) is 11.5 Å². The Morgan fingerprint density at radius 1 is 1.14 bits per heavy atom. The van der Waals surface area contributed by atoms with Crippen molar-refractivity contribution in [3.05, 3.63) is 23.8 Å². The average Bonchev–Trinajstić information content (AvgIpc) is 2.43. The number of carbonyl (C=O) groups excluding carboxylic acids is 2. The summed E-state index contributed by atoms with van der Waals surface area (Å²) in [4.78, 5) is 21.9. The van der Waals surface area contributed by atoms with E-state index in [2.05, 4.69) is 5.32 Å². The van der Waals surface area contributed by atoms with Crippen molar-refractivity contribution in [2.75, 3.05) is 20.8 Å². The monoisotopic (exact) mass is 293 g/mol. The molecular weight excluding hydrogens is 274 g/mol. The van der Waals surface area contributed by atoms with Gasteiger partial charge in [0, 0.05) is 20.4 Å². The molecule has 1 aromatic rings. The minimum atomic E-state index is -0.458. The Hall–Kier alpha value is -2.50. The molecule has 0 saturated carbocycles. The van der Waals surface area contributed by atoms with E-state index in [4.69, 9.17) is 14.2 Å². The van der Waals surface area contributed by atoms with Gasteiger partial charge in [0.2, 0.25) is 11.7 Å². The van der Waals surface area contributed by atoms with Crippen molar-refractivity contribution in [1.29, 1.82) is 0 Å². The third-order valence-corrected chi connectivity index (χ3v) is 2.51. The Bertz CT molecular complexity index is 526. The minimum Gasteiger partial charge on any atom is -0.493 e. The molecule has 0 saturated heterocycles. The molecule has 0 bridgehead atoms. The summed E-state index contributed by atoms with van der Waals surface area (Å²) >= 11 is 0. The standard InChI is InChI=1S/C15H19NO5/c1-10(17)16-7-5-6-12-8-13(19-3)15(21-11(2)18)14(9-12)20-4/h5-6,8-9H,7H2,1-4H3,(H,16,17). The van der Waals surface area contributed by atoms with Gasteiger partial charge in [0.25, 0.3) is 0 Å². The molecule has 0 radical (unpaired) electrons. The molecule has 114 valence electrons. The minimum absolute atomic E-state index is 0.0972. The van der Waals surface area contributed by atoms with E-state index in [1.54, 1.807) is 24.3 Å². The van der Waals surface area contributed by atoms with Crippen LogP contribution in [-0.2, 0) is 9.59 Å². The van der Waals surface area contributed by atoms with Crippen molar-refractivity contribution < 1.29 is 23.8 Å². The molecule has 6 heteroatoms. The lowest BCUT2D eigenvalue weighted by molar-refractivity contribution is -0.132. The lowest BCUT2D eigenvalue weighted by Crippen LogP contribution is -2.19. The van der Waals surface area contributed by atoms with E-state index >= 15 is 0 Å². The molecule has 0 fully saturated rings. The highest BCUT2D eigenvalue weighted by atomic mass is 16.6. The highest BCUT2D eigenvalue weighted by Crippen LogP contribution is 2.38. The number of carbonyl (C=O) groups is 2. The van der Waals surface area contributed by atoms with Crippen LogP contribution < -0.4 is 19.5 Å². The van der Waals surface area contributed by atoms with Crippen LogP contribution in [0.1, 0.15) is 19.4 Å². The number of ether oxygens (including phenoxy) is 3. The second-order valence-corrected chi connectivity index (χ2v) is 4.19. The molecule has 0 aliphatic heterocycles. The van der Waals surface area contributed by atoms with Crippen molar-refractivity contribution in [2.45, 2.75) is 13.8 Å². The van der Waals surface area contributed by atoms with Crippen LogP contribution >= 0.6 is 0 Å². The number of nitrogens with one attached hydrogen (secondary N) is 1. The zero-order valence-corrected chi connectivity index (χ0v) is 12.6. The van der Waals surface area contributed by atoms with E-state index in [1.807, 2.05) is 0 Å². The molecule has 6 nitrogen and oxygen atoms in total. The third kappa shape index (κ3) is 5.18. The summed E-state index contributed by atoms with van der Waals surface area (Å²) in [5, 5.41) is 2.65. The maximum atomic E-state index is 11.1. The molecule has 0 aliphatic carbocycles. The lowest BCUT2D eigenvalue weighted by atomic mass is 10.1. The van der Waals surface area contributed by atoms with Gasteiger partial charge in [-0.1, -0.05) is 12.2 Å². The number of amides is 1. The summed E-state index contributed by atoms with van der Waals surface area (Å²) in [6, 6.07) is 3.43. The fraction of sp³-hybridized carbons (Fsp3) is 0.333. The summed E-state index contributed by atoms with van der Waals surface area (Å²) in [6.45, 7) is 3.18. The van der Waals surface area contributed by atoms with Gasteiger partial charge in [-0.3, -0.25) is 9.59 Å². The fourth-order valence-electron chi connectivity index (χ4n) is 1.64. The molecule has 21 heavy (non-hydrogen) atoms. The number of methoxy groups -OCH3 is 2.